The van der Waals surface area contributed by atoms with E-state index in [2.05, 4.69) is 11.4 Å². The number of ether oxygens (including phenoxy) is 1. The first kappa shape index (κ1) is 11.0. The SMILES string of the molecule is COCCNCc1ccc(N)c(C)c1. The Labute approximate surface area is 85.3 Å². The fraction of sp³-hybridized carbons (Fsp3) is 0.455. The Bertz CT molecular complexity index is 287. The molecule has 0 unspecified atom stereocenters. The summed E-state index contributed by atoms with van der Waals surface area (Å²) in [6, 6.07) is 6.10. The number of nitrogens with one attached hydrogen (secondary N) is 1. The Balaban J connectivity index is 2.39. The number of methoxy groups -OCH3 is 1. The van der Waals surface area contributed by atoms with Crippen LogP contribution < -0.4 is 11.1 Å². The quantitative estimate of drug-likeness (QED) is 0.549. The molecule has 0 heterocycles. The minimum atomic E-state index is 0.744. The van der Waals surface area contributed by atoms with E-state index in [1.807, 2.05) is 19.1 Å². The summed E-state index contributed by atoms with van der Waals surface area (Å²) in [4.78, 5) is 0. The van der Waals surface area contributed by atoms with Crippen molar-refractivity contribution in [3.05, 3.63) is 29.3 Å². The van der Waals surface area contributed by atoms with Crippen LogP contribution in [0.25, 0.3) is 0 Å². The third-order valence-electron chi connectivity index (χ3n) is 2.15. The van der Waals surface area contributed by atoms with E-state index >= 15 is 0 Å². The maximum Gasteiger partial charge on any atom is 0.0587 e. The van der Waals surface area contributed by atoms with Crippen LogP contribution in [0.4, 0.5) is 5.69 Å². The minimum Gasteiger partial charge on any atom is -0.399 e. The van der Waals surface area contributed by atoms with Gasteiger partial charge in [-0.1, -0.05) is 12.1 Å². The van der Waals surface area contributed by atoms with Gasteiger partial charge >= 0.3 is 0 Å². The largest absolute Gasteiger partial charge is 0.399 e. The lowest BCUT2D eigenvalue weighted by atomic mass is 10.1. The number of hydrogen-bond acceptors (Lipinski definition) is 3. The van der Waals surface area contributed by atoms with Gasteiger partial charge in [0.05, 0.1) is 6.61 Å². The Morgan fingerprint density at radius 1 is 1.43 bits per heavy atom. The molecule has 0 atom stereocenters. The Kier molecular flexibility index (Phi) is 4.43. The highest BCUT2D eigenvalue weighted by Crippen LogP contribution is 2.12. The maximum absolute atomic E-state index is 5.72. The highest BCUT2D eigenvalue weighted by Gasteiger charge is 1.96. The predicted molar refractivity (Wildman–Crippen MR) is 59.2 cm³/mol. The van der Waals surface area contributed by atoms with Crippen molar-refractivity contribution in [3.8, 4) is 0 Å². The van der Waals surface area contributed by atoms with Crippen molar-refractivity contribution in [1.82, 2.24) is 5.32 Å². The van der Waals surface area contributed by atoms with Crippen molar-refractivity contribution in [2.45, 2.75) is 13.5 Å². The highest BCUT2D eigenvalue weighted by atomic mass is 16.5. The zero-order chi connectivity index (χ0) is 10.4. The van der Waals surface area contributed by atoms with E-state index in [9.17, 15) is 0 Å². The van der Waals surface area contributed by atoms with Gasteiger partial charge in [-0.25, -0.2) is 0 Å². The molecule has 0 aliphatic heterocycles. The normalized spacial score (nSPS) is 10.4. The molecule has 1 aromatic rings. The molecule has 3 heteroatoms. The molecule has 14 heavy (non-hydrogen) atoms. The number of rotatable bonds is 5. The van der Waals surface area contributed by atoms with Crippen LogP contribution in [0.1, 0.15) is 11.1 Å². The second-order valence-electron chi connectivity index (χ2n) is 3.36. The first-order chi connectivity index (χ1) is 6.74. The van der Waals surface area contributed by atoms with Crippen molar-refractivity contribution in [2.24, 2.45) is 0 Å². The van der Waals surface area contributed by atoms with Gasteiger partial charge in [0, 0.05) is 25.9 Å². The van der Waals surface area contributed by atoms with Gasteiger partial charge in [0.15, 0.2) is 0 Å². The molecule has 0 saturated carbocycles. The summed E-state index contributed by atoms with van der Waals surface area (Å²) in [5, 5.41) is 3.28. The monoisotopic (exact) mass is 194 g/mol. The van der Waals surface area contributed by atoms with Crippen molar-refractivity contribution in [3.63, 3.8) is 0 Å². The van der Waals surface area contributed by atoms with Crippen LogP contribution in [0.5, 0.6) is 0 Å². The molecule has 3 N–H and O–H groups in total. The van der Waals surface area contributed by atoms with Gasteiger partial charge in [-0.05, 0) is 24.1 Å². The van der Waals surface area contributed by atoms with Gasteiger partial charge in [0.25, 0.3) is 0 Å². The maximum atomic E-state index is 5.72. The number of benzene rings is 1. The Hall–Kier alpha value is -1.06. The fourth-order valence-corrected chi connectivity index (χ4v) is 1.25. The predicted octanol–water partition coefficient (Wildman–Crippen LogP) is 1.31. The fourth-order valence-electron chi connectivity index (χ4n) is 1.25. The molecule has 1 aromatic carbocycles. The first-order valence-corrected chi connectivity index (χ1v) is 4.78. The van der Waals surface area contributed by atoms with E-state index < -0.39 is 0 Å². The molecule has 0 aliphatic carbocycles. The average Bonchev–Trinajstić information content (AvgIpc) is 2.18. The molecule has 78 valence electrons. The topological polar surface area (TPSA) is 47.3 Å². The van der Waals surface area contributed by atoms with Gasteiger partial charge in [-0.3, -0.25) is 0 Å². The zero-order valence-corrected chi connectivity index (χ0v) is 8.84. The van der Waals surface area contributed by atoms with Crippen LogP contribution in [-0.4, -0.2) is 20.3 Å². The number of nitrogens with two attached hydrogens (primary N) is 1. The third-order valence-corrected chi connectivity index (χ3v) is 2.15. The third kappa shape index (κ3) is 3.36. The van der Waals surface area contributed by atoms with E-state index in [0.29, 0.717) is 0 Å². The van der Waals surface area contributed by atoms with Crippen molar-refractivity contribution >= 4 is 5.69 Å². The van der Waals surface area contributed by atoms with Crippen molar-refractivity contribution < 1.29 is 4.74 Å². The van der Waals surface area contributed by atoms with E-state index in [-0.39, 0.29) is 0 Å². The van der Waals surface area contributed by atoms with Crippen LogP contribution in [0, 0.1) is 6.92 Å². The van der Waals surface area contributed by atoms with Crippen molar-refractivity contribution in [1.29, 1.82) is 0 Å². The van der Waals surface area contributed by atoms with Gasteiger partial charge in [-0.15, -0.1) is 0 Å². The van der Waals surface area contributed by atoms with Gasteiger partial charge in [0.1, 0.15) is 0 Å². The Morgan fingerprint density at radius 2 is 2.21 bits per heavy atom. The number of nitrogen functional groups attached to an aromatic ring is 1. The van der Waals surface area contributed by atoms with E-state index in [4.69, 9.17) is 10.5 Å². The number of anilines is 1. The standard InChI is InChI=1S/C11H18N2O/c1-9-7-10(3-4-11(9)12)8-13-5-6-14-2/h3-4,7,13H,5-6,8,12H2,1-2H3. The molecule has 0 fully saturated rings. The summed E-state index contributed by atoms with van der Waals surface area (Å²) in [6.07, 6.45) is 0. The lowest BCUT2D eigenvalue weighted by molar-refractivity contribution is 0.199. The molecule has 0 aromatic heterocycles. The van der Waals surface area contributed by atoms with E-state index in [0.717, 1.165) is 30.9 Å². The summed E-state index contributed by atoms with van der Waals surface area (Å²) < 4.78 is 4.94. The average molecular weight is 194 g/mol. The summed E-state index contributed by atoms with van der Waals surface area (Å²) in [7, 11) is 1.70. The molecular weight excluding hydrogens is 176 g/mol. The Morgan fingerprint density at radius 3 is 2.86 bits per heavy atom. The van der Waals surface area contributed by atoms with Crippen LogP contribution in [0.15, 0.2) is 18.2 Å². The summed E-state index contributed by atoms with van der Waals surface area (Å²) >= 11 is 0. The minimum absolute atomic E-state index is 0.744. The first-order valence-electron chi connectivity index (χ1n) is 4.78. The highest BCUT2D eigenvalue weighted by molar-refractivity contribution is 5.47. The van der Waals surface area contributed by atoms with Gasteiger partial charge in [-0.2, -0.15) is 0 Å². The lowest BCUT2D eigenvalue weighted by Gasteiger charge is -2.06. The summed E-state index contributed by atoms with van der Waals surface area (Å²) in [5.74, 6) is 0. The molecular formula is C11H18N2O. The zero-order valence-electron chi connectivity index (χ0n) is 8.84. The molecule has 0 aliphatic rings. The van der Waals surface area contributed by atoms with E-state index in [1.54, 1.807) is 7.11 Å². The van der Waals surface area contributed by atoms with Crippen LogP contribution in [0.3, 0.4) is 0 Å². The van der Waals surface area contributed by atoms with Crippen molar-refractivity contribution in [2.75, 3.05) is 26.0 Å². The smallest absolute Gasteiger partial charge is 0.0587 e. The number of aryl methyl sites for hydroxylation is 1. The molecule has 0 spiro atoms. The summed E-state index contributed by atoms with van der Waals surface area (Å²) in [5.41, 5.74) is 8.97. The van der Waals surface area contributed by atoms with E-state index in [1.165, 1.54) is 5.56 Å². The van der Waals surface area contributed by atoms with Crippen LogP contribution >= 0.6 is 0 Å². The summed E-state index contributed by atoms with van der Waals surface area (Å²) in [6.45, 7) is 4.51. The molecule has 3 nitrogen and oxygen atoms in total. The van der Waals surface area contributed by atoms with Crippen LogP contribution in [-0.2, 0) is 11.3 Å². The molecule has 0 bridgehead atoms. The van der Waals surface area contributed by atoms with Gasteiger partial charge < -0.3 is 15.8 Å². The van der Waals surface area contributed by atoms with Gasteiger partial charge in [0.2, 0.25) is 0 Å². The second-order valence-corrected chi connectivity index (χ2v) is 3.36. The number of hydrogen-bond donors (Lipinski definition) is 2. The lowest BCUT2D eigenvalue weighted by Crippen LogP contribution is -2.18. The molecule has 1 rings (SSSR count). The molecule has 0 radical (unpaired) electrons. The second kappa shape index (κ2) is 5.62. The van der Waals surface area contributed by atoms with Crippen LogP contribution in [0.2, 0.25) is 0 Å². The molecule has 0 amide bonds. The molecule has 0 saturated heterocycles.